The molecule has 0 unspecified atom stereocenters. The zero-order valence-electron chi connectivity index (χ0n) is 16.4. The van der Waals surface area contributed by atoms with E-state index in [2.05, 4.69) is 0 Å². The molecule has 0 atom stereocenters. The normalized spacial score (nSPS) is 10.9. The van der Waals surface area contributed by atoms with Crippen LogP contribution in [0.3, 0.4) is 0 Å². The molecule has 9 heteroatoms. The first-order valence-corrected chi connectivity index (χ1v) is 10.4. The van der Waals surface area contributed by atoms with Gasteiger partial charge in [-0.05, 0) is 33.2 Å². The molecule has 0 saturated carbocycles. The van der Waals surface area contributed by atoms with Gasteiger partial charge in [0.25, 0.3) is 16.5 Å². The highest BCUT2D eigenvalue weighted by Gasteiger charge is 2.24. The van der Waals surface area contributed by atoms with Gasteiger partial charge in [-0.3, -0.25) is 29.8 Å². The molecule has 0 radical (unpaired) electrons. The van der Waals surface area contributed by atoms with Crippen LogP contribution in [0, 0.1) is 20.2 Å². The second kappa shape index (κ2) is 8.56. The minimum absolute atomic E-state index is 0.198. The molecule has 0 spiro atoms. The predicted molar refractivity (Wildman–Crippen MR) is 122 cm³/mol. The third-order valence-electron chi connectivity index (χ3n) is 5.00. The predicted octanol–water partition coefficient (Wildman–Crippen LogP) is 5.45. The van der Waals surface area contributed by atoms with E-state index in [1.165, 1.54) is 0 Å². The van der Waals surface area contributed by atoms with Crippen molar-refractivity contribution in [1.29, 1.82) is 0 Å². The molecule has 158 valence electrons. The average molecular weight is 446 g/mol. The largest absolute Gasteiger partial charge is 0.284 e. The van der Waals surface area contributed by atoms with Gasteiger partial charge >= 0.3 is 0 Å². The molecule has 4 aromatic rings. The quantitative estimate of drug-likeness (QED) is 0.127. The minimum Gasteiger partial charge on any atom is -0.284 e. The van der Waals surface area contributed by atoms with E-state index in [-0.39, 0.29) is 11.3 Å². The van der Waals surface area contributed by atoms with Crippen molar-refractivity contribution in [2.45, 2.75) is 5.75 Å². The summed E-state index contributed by atoms with van der Waals surface area (Å²) in [7, 11) is 0. The number of fused-ring (bicyclic) bond motifs is 2. The summed E-state index contributed by atoms with van der Waals surface area (Å²) in [6.45, 7) is 0. The van der Waals surface area contributed by atoms with Crippen LogP contribution in [0.2, 0.25) is 0 Å². The first kappa shape index (κ1) is 21.1. The Morgan fingerprint density at radius 1 is 0.750 bits per heavy atom. The van der Waals surface area contributed by atoms with Gasteiger partial charge in [0, 0.05) is 23.4 Å². The lowest BCUT2D eigenvalue weighted by molar-refractivity contribution is -0.394. The molecule has 0 amide bonds. The molecule has 0 aliphatic rings. The summed E-state index contributed by atoms with van der Waals surface area (Å²) in [5, 5.41) is 25.2. The fourth-order valence-electron chi connectivity index (χ4n) is 3.52. The van der Waals surface area contributed by atoms with Crippen LogP contribution in [0.15, 0.2) is 72.8 Å². The number of nitro benzene ring substituents is 2. The summed E-state index contributed by atoms with van der Waals surface area (Å²) < 4.78 is 0. The van der Waals surface area contributed by atoms with Crippen molar-refractivity contribution in [3.05, 3.63) is 104 Å². The Hall–Kier alpha value is -4.11. The Bertz CT molecular complexity index is 1350. The van der Waals surface area contributed by atoms with Crippen molar-refractivity contribution in [2.75, 3.05) is 0 Å². The summed E-state index contributed by atoms with van der Waals surface area (Å²) in [4.78, 5) is 45.7. The number of hydrogen-bond donors (Lipinski definition) is 0. The summed E-state index contributed by atoms with van der Waals surface area (Å²) in [5.74, 6) is -0.824. The SMILES string of the molecule is O=C(SCc1c2ccccc2cc2ccccc12)C(=O)c1cc([N+](=O)[O-])cc([N+](=O)[O-])c1. The Balaban J connectivity index is 1.66. The fourth-order valence-corrected chi connectivity index (χ4v) is 4.36. The minimum atomic E-state index is -1.02. The van der Waals surface area contributed by atoms with Crippen molar-refractivity contribution >= 4 is 55.6 Å². The molecule has 0 N–H and O–H groups in total. The van der Waals surface area contributed by atoms with E-state index in [4.69, 9.17) is 0 Å². The van der Waals surface area contributed by atoms with Gasteiger partial charge in [0.2, 0.25) is 5.78 Å². The number of thioether (sulfide) groups is 1. The van der Waals surface area contributed by atoms with E-state index in [1.807, 2.05) is 54.6 Å². The Morgan fingerprint density at radius 3 is 1.75 bits per heavy atom. The van der Waals surface area contributed by atoms with E-state index in [0.29, 0.717) is 0 Å². The summed E-state index contributed by atoms with van der Waals surface area (Å²) in [5.41, 5.74) is -0.748. The molecule has 4 rings (SSSR count). The number of benzene rings is 4. The van der Waals surface area contributed by atoms with Crippen molar-refractivity contribution in [3.63, 3.8) is 0 Å². The number of hydrogen-bond acceptors (Lipinski definition) is 7. The van der Waals surface area contributed by atoms with Gasteiger partial charge < -0.3 is 0 Å². The number of nitro groups is 2. The van der Waals surface area contributed by atoms with Crippen LogP contribution in [0.1, 0.15) is 15.9 Å². The molecular weight excluding hydrogens is 432 g/mol. The zero-order valence-corrected chi connectivity index (χ0v) is 17.2. The molecule has 0 aliphatic carbocycles. The fraction of sp³-hybridized carbons (Fsp3) is 0.0435. The maximum absolute atomic E-state index is 12.6. The first-order chi connectivity index (χ1) is 15.3. The lowest BCUT2D eigenvalue weighted by Gasteiger charge is -2.11. The summed E-state index contributed by atoms with van der Waals surface area (Å²) in [6.07, 6.45) is 0. The van der Waals surface area contributed by atoms with Gasteiger partial charge in [0.1, 0.15) is 0 Å². The van der Waals surface area contributed by atoms with Gasteiger partial charge in [0.05, 0.1) is 15.9 Å². The average Bonchev–Trinajstić information content (AvgIpc) is 2.80. The van der Waals surface area contributed by atoms with Gasteiger partial charge in [-0.2, -0.15) is 0 Å². The van der Waals surface area contributed by atoms with Crippen LogP contribution >= 0.6 is 11.8 Å². The molecule has 0 saturated heterocycles. The zero-order chi connectivity index (χ0) is 22.8. The number of ketones is 1. The number of rotatable bonds is 6. The van der Waals surface area contributed by atoms with Crippen molar-refractivity contribution < 1.29 is 19.4 Å². The lowest BCUT2D eigenvalue weighted by atomic mass is 9.98. The van der Waals surface area contributed by atoms with Gasteiger partial charge in [-0.1, -0.05) is 60.3 Å². The van der Waals surface area contributed by atoms with Crippen LogP contribution in [0.25, 0.3) is 21.5 Å². The Labute approximate surface area is 185 Å². The highest BCUT2D eigenvalue weighted by Crippen LogP contribution is 2.32. The van der Waals surface area contributed by atoms with Crippen molar-refractivity contribution in [3.8, 4) is 0 Å². The third-order valence-corrected chi connectivity index (χ3v) is 5.88. The van der Waals surface area contributed by atoms with Crippen LogP contribution in [-0.4, -0.2) is 20.7 Å². The second-order valence-electron chi connectivity index (χ2n) is 6.95. The Morgan fingerprint density at radius 2 is 1.25 bits per heavy atom. The highest BCUT2D eigenvalue weighted by molar-refractivity contribution is 8.14. The molecule has 32 heavy (non-hydrogen) atoms. The molecule has 0 heterocycles. The van der Waals surface area contributed by atoms with Crippen LogP contribution < -0.4 is 0 Å². The second-order valence-corrected chi connectivity index (χ2v) is 7.90. The highest BCUT2D eigenvalue weighted by atomic mass is 32.2. The topological polar surface area (TPSA) is 120 Å². The number of nitrogens with zero attached hydrogens (tertiary/aromatic N) is 2. The van der Waals surface area contributed by atoms with Gasteiger partial charge in [-0.25, -0.2) is 0 Å². The molecular formula is C23H14N2O6S. The molecule has 0 bridgehead atoms. The molecule has 8 nitrogen and oxygen atoms in total. The van der Waals surface area contributed by atoms with Gasteiger partial charge in [-0.15, -0.1) is 0 Å². The molecule has 0 fully saturated rings. The third kappa shape index (κ3) is 4.06. The number of non-ortho nitro benzene ring substituents is 2. The van der Waals surface area contributed by atoms with E-state index >= 15 is 0 Å². The van der Waals surface area contributed by atoms with E-state index in [0.717, 1.165) is 57.1 Å². The maximum atomic E-state index is 12.6. The van der Waals surface area contributed by atoms with Crippen LogP contribution in [0.5, 0.6) is 0 Å². The Kier molecular flexibility index (Phi) is 5.65. The van der Waals surface area contributed by atoms with Crippen LogP contribution in [-0.2, 0) is 10.5 Å². The van der Waals surface area contributed by atoms with Crippen molar-refractivity contribution in [2.24, 2.45) is 0 Å². The summed E-state index contributed by atoms with van der Waals surface area (Å²) in [6, 6.07) is 20.0. The molecule has 4 aromatic carbocycles. The monoisotopic (exact) mass is 446 g/mol. The maximum Gasteiger partial charge on any atom is 0.277 e. The first-order valence-electron chi connectivity index (χ1n) is 9.40. The van der Waals surface area contributed by atoms with Gasteiger partial charge in [0.15, 0.2) is 0 Å². The molecule has 0 aromatic heterocycles. The van der Waals surface area contributed by atoms with Crippen molar-refractivity contribution in [1.82, 2.24) is 0 Å². The smallest absolute Gasteiger partial charge is 0.277 e. The van der Waals surface area contributed by atoms with E-state index in [1.54, 1.807) is 0 Å². The van der Waals surface area contributed by atoms with E-state index in [9.17, 15) is 29.8 Å². The number of Topliss-reactive ketones (excluding diaryl/α,β-unsaturated/α-hetero) is 1. The van der Waals surface area contributed by atoms with E-state index < -0.39 is 32.1 Å². The lowest BCUT2D eigenvalue weighted by Crippen LogP contribution is -2.11. The standard InChI is InChI=1S/C23H14N2O6S/c26-22(16-10-17(24(28)29)12-18(11-16)25(30)31)23(27)32-13-21-19-7-3-1-5-14(19)9-15-6-2-4-8-20(15)21/h1-12H,13H2. The molecule has 0 aliphatic heterocycles. The number of carbonyl (C=O) groups excluding carboxylic acids is 2. The van der Waals surface area contributed by atoms with Crippen LogP contribution in [0.4, 0.5) is 11.4 Å². The summed E-state index contributed by atoms with van der Waals surface area (Å²) >= 11 is 0.762. The number of carbonyl (C=O) groups is 2.